The Bertz CT molecular complexity index is 1180. The zero-order chi connectivity index (χ0) is 21.9. The molecule has 1 aromatic rings. The van der Waals surface area contributed by atoms with Crippen LogP contribution in [0.15, 0.2) is 21.7 Å². The second-order valence-corrected chi connectivity index (χ2v) is 8.23. The maximum atomic E-state index is 12.3. The summed E-state index contributed by atoms with van der Waals surface area (Å²) >= 11 is 0. The van der Waals surface area contributed by atoms with Crippen LogP contribution in [0.5, 0.6) is 0 Å². The third-order valence-electron chi connectivity index (χ3n) is 4.72. The lowest BCUT2D eigenvalue weighted by Crippen LogP contribution is -2.29. The third kappa shape index (κ3) is 5.18. The van der Waals surface area contributed by atoms with Crippen LogP contribution in [-0.2, 0) is 22.2 Å². The van der Waals surface area contributed by atoms with E-state index in [9.17, 15) is 14.2 Å². The number of hydrogen-bond acceptors (Lipinski definition) is 7. The second kappa shape index (κ2) is 9.15. The standard InChI is InChI=1S/C18H24N5O6P/c1-11-8-13-14(9-12(11)10-19-2)23(6-4-3-5-7-29-30(26,27)28)16-15(20-13)17(24)22-18(25)21-16/h8-9,19H,3-7,10H2,1-2H3,(H,22,24,25)(H2,26,27,28). The normalized spacial score (nSPS) is 12.1. The number of fused-ring (bicyclic) bond motifs is 2. The first-order chi connectivity index (χ1) is 14.2. The van der Waals surface area contributed by atoms with E-state index >= 15 is 0 Å². The zero-order valence-electron chi connectivity index (χ0n) is 16.7. The molecule has 2 aliphatic rings. The van der Waals surface area contributed by atoms with Crippen molar-refractivity contribution in [3.8, 4) is 11.5 Å². The molecule has 2 heterocycles. The lowest BCUT2D eigenvalue weighted by atomic mass is 10.1. The van der Waals surface area contributed by atoms with E-state index in [2.05, 4.69) is 24.8 Å². The van der Waals surface area contributed by atoms with Crippen molar-refractivity contribution >= 4 is 18.9 Å². The molecule has 0 atom stereocenters. The minimum Gasteiger partial charge on any atom is -0.322 e. The summed E-state index contributed by atoms with van der Waals surface area (Å²) in [5, 5.41) is 3.11. The summed E-state index contributed by atoms with van der Waals surface area (Å²) in [7, 11) is -2.62. The van der Waals surface area contributed by atoms with Crippen LogP contribution >= 0.6 is 7.82 Å². The highest BCUT2D eigenvalue weighted by atomic mass is 31.2. The highest BCUT2D eigenvalue weighted by molar-refractivity contribution is 7.46. The van der Waals surface area contributed by atoms with Crippen molar-refractivity contribution in [2.75, 3.05) is 13.7 Å². The highest BCUT2D eigenvalue weighted by Gasteiger charge is 2.19. The summed E-state index contributed by atoms with van der Waals surface area (Å²) in [6, 6.07) is 3.87. The SMILES string of the molecule is CNCc1cc2c(cc1C)nc1c(=O)[nH]c(=O)nc-1n2CCCCCOP(=O)(O)O. The monoisotopic (exact) mass is 437 g/mol. The van der Waals surface area contributed by atoms with Gasteiger partial charge in [-0.3, -0.25) is 14.3 Å². The Balaban J connectivity index is 1.97. The Morgan fingerprint density at radius 2 is 1.97 bits per heavy atom. The van der Waals surface area contributed by atoms with Crippen LogP contribution in [0.3, 0.4) is 0 Å². The predicted molar refractivity (Wildman–Crippen MR) is 110 cm³/mol. The van der Waals surface area contributed by atoms with E-state index in [4.69, 9.17) is 9.79 Å². The van der Waals surface area contributed by atoms with Crippen LogP contribution in [0, 0.1) is 6.92 Å². The molecule has 30 heavy (non-hydrogen) atoms. The van der Waals surface area contributed by atoms with Gasteiger partial charge in [-0.1, -0.05) is 0 Å². The summed E-state index contributed by atoms with van der Waals surface area (Å²) in [6.07, 6.45) is 1.71. The number of aryl methyl sites for hydroxylation is 2. The first-order valence-electron chi connectivity index (χ1n) is 9.48. The summed E-state index contributed by atoms with van der Waals surface area (Å²) in [6.45, 7) is 3.01. The minimum absolute atomic E-state index is 0.0546. The molecular weight excluding hydrogens is 413 g/mol. The first-order valence-corrected chi connectivity index (χ1v) is 11.0. The summed E-state index contributed by atoms with van der Waals surface area (Å²) in [5.41, 5.74) is 2.22. The zero-order valence-corrected chi connectivity index (χ0v) is 17.6. The van der Waals surface area contributed by atoms with Crippen molar-refractivity contribution in [2.45, 2.75) is 39.3 Å². The fourth-order valence-corrected chi connectivity index (χ4v) is 3.70. The van der Waals surface area contributed by atoms with E-state index in [1.807, 2.05) is 26.1 Å². The van der Waals surface area contributed by atoms with Crippen molar-refractivity contribution in [2.24, 2.45) is 0 Å². The van der Waals surface area contributed by atoms with Crippen molar-refractivity contribution in [3.05, 3.63) is 44.1 Å². The topological polar surface area (TPSA) is 159 Å². The van der Waals surface area contributed by atoms with Gasteiger partial charge in [-0.15, -0.1) is 0 Å². The van der Waals surface area contributed by atoms with Gasteiger partial charge in [0.1, 0.15) is 0 Å². The van der Waals surface area contributed by atoms with Gasteiger partial charge >= 0.3 is 13.5 Å². The average Bonchev–Trinajstić information content (AvgIpc) is 2.64. The number of phosphoric acid groups is 1. The molecule has 0 aliphatic carbocycles. The van der Waals surface area contributed by atoms with Crippen LogP contribution in [0.1, 0.15) is 30.4 Å². The van der Waals surface area contributed by atoms with Gasteiger partial charge in [-0.2, -0.15) is 4.98 Å². The molecule has 0 aromatic heterocycles. The van der Waals surface area contributed by atoms with Crippen molar-refractivity contribution < 1.29 is 18.9 Å². The number of nitrogens with zero attached hydrogens (tertiary/aromatic N) is 3. The third-order valence-corrected chi connectivity index (χ3v) is 5.24. The Kier molecular flexibility index (Phi) is 6.79. The van der Waals surface area contributed by atoms with Crippen LogP contribution < -0.4 is 16.6 Å². The molecule has 0 amide bonds. The average molecular weight is 437 g/mol. The number of hydrogen-bond donors (Lipinski definition) is 4. The molecule has 4 N–H and O–H groups in total. The summed E-state index contributed by atoms with van der Waals surface area (Å²) in [4.78, 5) is 52.1. The van der Waals surface area contributed by atoms with E-state index in [0.29, 0.717) is 37.9 Å². The van der Waals surface area contributed by atoms with Gasteiger partial charge in [-0.25, -0.2) is 14.3 Å². The van der Waals surface area contributed by atoms with Gasteiger partial charge in [0.2, 0.25) is 0 Å². The van der Waals surface area contributed by atoms with E-state index in [1.54, 1.807) is 4.57 Å². The molecule has 1 aromatic carbocycles. The molecular formula is C18H24N5O6P. The minimum atomic E-state index is -4.47. The number of H-pyrrole nitrogens is 1. The largest absolute Gasteiger partial charge is 0.469 e. The fourth-order valence-electron chi connectivity index (χ4n) is 3.33. The molecule has 0 unspecified atom stereocenters. The van der Waals surface area contributed by atoms with Crippen LogP contribution in [0.25, 0.3) is 22.6 Å². The van der Waals surface area contributed by atoms with Gasteiger partial charge in [-0.05, 0) is 56.5 Å². The molecule has 2 aliphatic heterocycles. The van der Waals surface area contributed by atoms with Gasteiger partial charge in [0.15, 0.2) is 11.5 Å². The predicted octanol–water partition coefficient (Wildman–Crippen LogP) is 0.892. The number of aromatic amines is 1. The van der Waals surface area contributed by atoms with E-state index in [0.717, 1.165) is 16.6 Å². The van der Waals surface area contributed by atoms with Gasteiger partial charge < -0.3 is 19.7 Å². The molecule has 0 saturated carbocycles. The number of rotatable bonds is 9. The smallest absolute Gasteiger partial charge is 0.322 e. The van der Waals surface area contributed by atoms with Gasteiger partial charge in [0.05, 0.1) is 17.6 Å². The van der Waals surface area contributed by atoms with Gasteiger partial charge in [0.25, 0.3) is 5.56 Å². The number of benzene rings is 1. The fraction of sp³-hybridized carbons (Fsp3) is 0.444. The molecule has 0 fully saturated rings. The lowest BCUT2D eigenvalue weighted by molar-refractivity contribution is 0.193. The molecule has 0 spiro atoms. The van der Waals surface area contributed by atoms with Crippen LogP contribution in [-0.4, -0.2) is 43.0 Å². The Morgan fingerprint density at radius 3 is 2.67 bits per heavy atom. The quantitative estimate of drug-likeness (QED) is 0.217. The number of nitrogens with one attached hydrogen (secondary N) is 2. The molecule has 162 valence electrons. The molecule has 11 nitrogen and oxygen atoms in total. The van der Waals surface area contributed by atoms with Crippen molar-refractivity contribution in [1.82, 2.24) is 24.8 Å². The van der Waals surface area contributed by atoms with Crippen LogP contribution in [0.4, 0.5) is 0 Å². The molecule has 0 bridgehead atoms. The van der Waals surface area contributed by atoms with E-state index < -0.39 is 19.1 Å². The highest BCUT2D eigenvalue weighted by Crippen LogP contribution is 2.35. The first kappa shape index (κ1) is 22.3. The summed E-state index contributed by atoms with van der Waals surface area (Å²) in [5.74, 6) is 0.210. The molecule has 0 saturated heterocycles. The maximum absolute atomic E-state index is 12.3. The summed E-state index contributed by atoms with van der Waals surface area (Å²) < 4.78 is 17.0. The Labute approximate surface area is 171 Å². The van der Waals surface area contributed by atoms with Crippen molar-refractivity contribution in [1.29, 1.82) is 0 Å². The Morgan fingerprint density at radius 1 is 1.20 bits per heavy atom. The van der Waals surface area contributed by atoms with E-state index in [1.165, 1.54) is 0 Å². The molecule has 3 rings (SSSR count). The van der Waals surface area contributed by atoms with Gasteiger partial charge in [0, 0.05) is 13.1 Å². The van der Waals surface area contributed by atoms with E-state index in [-0.39, 0.29) is 18.1 Å². The second-order valence-electron chi connectivity index (χ2n) is 6.99. The van der Waals surface area contributed by atoms with Crippen LogP contribution in [0.2, 0.25) is 0 Å². The number of aromatic nitrogens is 4. The Hall–Kier alpha value is -2.43. The molecule has 12 heteroatoms. The number of unbranched alkanes of at least 4 members (excludes halogenated alkanes) is 2. The number of phosphoric ester groups is 1. The van der Waals surface area contributed by atoms with Crippen molar-refractivity contribution in [3.63, 3.8) is 0 Å². The lowest BCUT2D eigenvalue weighted by Gasteiger charge is -2.18. The molecule has 0 radical (unpaired) electrons. The maximum Gasteiger partial charge on any atom is 0.469 e.